The third-order valence-corrected chi connectivity index (χ3v) is 1.79. The lowest BCUT2D eigenvalue weighted by atomic mass is 10.2. The van der Waals surface area contributed by atoms with Gasteiger partial charge in [0.2, 0.25) is 0 Å². The summed E-state index contributed by atoms with van der Waals surface area (Å²) in [7, 11) is 0. The van der Waals surface area contributed by atoms with E-state index < -0.39 is 4.84 Å². The average molecular weight is 236 g/mol. The zero-order valence-corrected chi connectivity index (χ0v) is 10.0. The van der Waals surface area contributed by atoms with Gasteiger partial charge in [0.25, 0.3) is 5.91 Å². The van der Waals surface area contributed by atoms with E-state index in [1.165, 1.54) is 4.90 Å². The van der Waals surface area contributed by atoms with Gasteiger partial charge in [0, 0.05) is 13.1 Å². The molecule has 4 heteroatoms. The first-order chi connectivity index (χ1) is 6.34. The highest BCUT2D eigenvalue weighted by atomic mass is 35.5. The summed E-state index contributed by atoms with van der Waals surface area (Å²) >= 11 is 11.0. The van der Waals surface area contributed by atoms with E-state index in [1.807, 2.05) is 13.8 Å². The largest absolute Gasteiger partial charge is 0.332 e. The van der Waals surface area contributed by atoms with Crippen molar-refractivity contribution in [1.29, 1.82) is 0 Å². The molecule has 0 radical (unpaired) electrons. The van der Waals surface area contributed by atoms with E-state index in [9.17, 15) is 4.79 Å². The van der Waals surface area contributed by atoms with Gasteiger partial charge in [-0.05, 0) is 13.8 Å². The first-order valence-corrected chi connectivity index (χ1v) is 5.07. The summed E-state index contributed by atoms with van der Waals surface area (Å²) in [6, 6.07) is 0. The zero-order chi connectivity index (χ0) is 11.3. The van der Waals surface area contributed by atoms with Crippen molar-refractivity contribution >= 4 is 29.1 Å². The second-order valence-electron chi connectivity index (χ2n) is 3.41. The van der Waals surface area contributed by atoms with Crippen LogP contribution in [0.5, 0.6) is 0 Å². The molecule has 14 heavy (non-hydrogen) atoms. The number of amides is 1. The van der Waals surface area contributed by atoms with Crippen molar-refractivity contribution in [2.24, 2.45) is 0 Å². The first-order valence-electron chi connectivity index (χ1n) is 4.20. The van der Waals surface area contributed by atoms with Crippen molar-refractivity contribution in [3.8, 4) is 0 Å². The Morgan fingerprint density at radius 1 is 1.21 bits per heavy atom. The van der Waals surface area contributed by atoms with Gasteiger partial charge in [0.05, 0.1) is 0 Å². The average Bonchev–Trinajstić information content (AvgIpc) is 1.99. The van der Waals surface area contributed by atoms with Crippen molar-refractivity contribution in [2.75, 3.05) is 13.1 Å². The Morgan fingerprint density at radius 2 is 1.57 bits per heavy atom. The fourth-order valence-corrected chi connectivity index (χ4v) is 1.28. The van der Waals surface area contributed by atoms with Gasteiger partial charge in [-0.2, -0.15) is 0 Å². The quantitative estimate of drug-likeness (QED) is 0.531. The number of halogens is 2. The van der Waals surface area contributed by atoms with Crippen LogP contribution in [0.15, 0.2) is 24.3 Å². The molecule has 0 aromatic carbocycles. The second-order valence-corrected chi connectivity index (χ2v) is 4.51. The van der Waals surface area contributed by atoms with Crippen molar-refractivity contribution in [1.82, 2.24) is 4.90 Å². The number of rotatable bonds is 5. The third-order valence-electron chi connectivity index (χ3n) is 1.42. The van der Waals surface area contributed by atoms with Gasteiger partial charge < -0.3 is 4.90 Å². The predicted molar refractivity (Wildman–Crippen MR) is 61.7 cm³/mol. The Kier molecular flexibility index (Phi) is 5.89. The van der Waals surface area contributed by atoms with Crippen LogP contribution in [-0.4, -0.2) is 28.7 Å². The minimum absolute atomic E-state index is 0.306. The summed E-state index contributed by atoms with van der Waals surface area (Å²) in [6.45, 7) is 12.1. The lowest BCUT2D eigenvalue weighted by Crippen LogP contribution is -2.37. The molecule has 0 saturated carbocycles. The molecule has 0 aliphatic rings. The summed E-state index contributed by atoms with van der Waals surface area (Å²) < 4.78 is 0. The van der Waals surface area contributed by atoms with Crippen molar-refractivity contribution in [3.63, 3.8) is 0 Å². The maximum Gasteiger partial charge on any atom is 0.256 e. The van der Waals surface area contributed by atoms with Crippen LogP contribution in [0, 0.1) is 0 Å². The minimum Gasteiger partial charge on any atom is -0.332 e. The van der Waals surface area contributed by atoms with E-state index in [1.54, 1.807) is 0 Å². The molecule has 0 aliphatic heterocycles. The van der Waals surface area contributed by atoms with Gasteiger partial charge in [-0.3, -0.25) is 4.79 Å². The van der Waals surface area contributed by atoms with Crippen LogP contribution >= 0.6 is 23.2 Å². The highest BCUT2D eigenvalue weighted by Gasteiger charge is 2.19. The van der Waals surface area contributed by atoms with Gasteiger partial charge in [-0.1, -0.05) is 47.5 Å². The molecule has 0 atom stereocenters. The lowest BCUT2D eigenvalue weighted by Gasteiger charge is -2.23. The van der Waals surface area contributed by atoms with Crippen LogP contribution in [-0.2, 0) is 4.79 Å². The summed E-state index contributed by atoms with van der Waals surface area (Å²) in [5, 5.41) is 0. The fraction of sp³-hybridized carbons (Fsp3) is 0.500. The van der Waals surface area contributed by atoms with E-state index in [0.717, 1.165) is 11.1 Å². The molecule has 0 fully saturated rings. The minimum atomic E-state index is -1.02. The van der Waals surface area contributed by atoms with Crippen LogP contribution in [0.25, 0.3) is 0 Å². The molecule has 0 aromatic heterocycles. The van der Waals surface area contributed by atoms with Gasteiger partial charge in [-0.15, -0.1) is 0 Å². The van der Waals surface area contributed by atoms with E-state index in [-0.39, 0.29) is 5.91 Å². The normalized spacial score (nSPS) is 10.1. The summed E-state index contributed by atoms with van der Waals surface area (Å²) in [5.41, 5.74) is 1.77. The molecule has 0 saturated heterocycles. The molecule has 0 aliphatic carbocycles. The molecule has 0 unspecified atom stereocenters. The number of carbonyl (C=O) groups excluding carboxylic acids is 1. The molecule has 0 N–H and O–H groups in total. The Labute approximate surface area is 95.2 Å². The van der Waals surface area contributed by atoms with E-state index in [0.29, 0.717) is 13.1 Å². The predicted octanol–water partition coefficient (Wildman–Crippen LogP) is 2.77. The summed E-state index contributed by atoms with van der Waals surface area (Å²) in [5.74, 6) is -0.306. The number of carbonyl (C=O) groups is 1. The highest BCUT2D eigenvalue weighted by molar-refractivity contribution is 6.53. The topological polar surface area (TPSA) is 20.3 Å². The van der Waals surface area contributed by atoms with Crippen LogP contribution in [0.1, 0.15) is 13.8 Å². The van der Waals surface area contributed by atoms with Crippen LogP contribution in [0.2, 0.25) is 0 Å². The van der Waals surface area contributed by atoms with Gasteiger partial charge in [0.1, 0.15) is 0 Å². The van der Waals surface area contributed by atoms with E-state index in [2.05, 4.69) is 13.2 Å². The van der Waals surface area contributed by atoms with Gasteiger partial charge in [-0.25, -0.2) is 0 Å². The summed E-state index contributed by atoms with van der Waals surface area (Å²) in [6.07, 6.45) is 0. The number of hydrogen-bond acceptors (Lipinski definition) is 1. The molecule has 0 aromatic rings. The standard InChI is InChI=1S/C10H15Cl2NO/c1-7(2)5-13(6-8(3)4)10(14)9(11)12/h9H,1,3,5-6H2,2,4H3. The van der Waals surface area contributed by atoms with Crippen molar-refractivity contribution in [3.05, 3.63) is 24.3 Å². The monoisotopic (exact) mass is 235 g/mol. The Balaban J connectivity index is 4.46. The molecule has 2 nitrogen and oxygen atoms in total. The maximum atomic E-state index is 11.5. The van der Waals surface area contributed by atoms with Crippen molar-refractivity contribution in [2.45, 2.75) is 18.7 Å². The van der Waals surface area contributed by atoms with Crippen LogP contribution < -0.4 is 0 Å². The molecule has 0 rings (SSSR count). The Morgan fingerprint density at radius 3 is 1.79 bits per heavy atom. The lowest BCUT2D eigenvalue weighted by molar-refractivity contribution is -0.128. The molecule has 80 valence electrons. The molecular weight excluding hydrogens is 221 g/mol. The van der Waals surface area contributed by atoms with Gasteiger partial charge in [0.15, 0.2) is 4.84 Å². The molecule has 0 spiro atoms. The number of alkyl halides is 2. The third kappa shape index (κ3) is 5.30. The second kappa shape index (κ2) is 6.10. The highest BCUT2D eigenvalue weighted by Crippen LogP contribution is 2.10. The van der Waals surface area contributed by atoms with E-state index in [4.69, 9.17) is 23.2 Å². The first kappa shape index (κ1) is 13.5. The zero-order valence-electron chi connectivity index (χ0n) is 8.52. The smallest absolute Gasteiger partial charge is 0.256 e. The summed E-state index contributed by atoms with van der Waals surface area (Å²) in [4.78, 5) is 12.0. The maximum absolute atomic E-state index is 11.5. The van der Waals surface area contributed by atoms with Crippen LogP contribution in [0.4, 0.5) is 0 Å². The van der Waals surface area contributed by atoms with Crippen LogP contribution in [0.3, 0.4) is 0 Å². The number of hydrogen-bond donors (Lipinski definition) is 0. The number of nitrogens with zero attached hydrogens (tertiary/aromatic N) is 1. The molecule has 1 amide bonds. The van der Waals surface area contributed by atoms with E-state index >= 15 is 0 Å². The Bertz CT molecular complexity index is 233. The Hall–Kier alpha value is -0.470. The van der Waals surface area contributed by atoms with Crippen molar-refractivity contribution < 1.29 is 4.79 Å². The molecular formula is C10H15Cl2NO. The molecule has 0 bridgehead atoms. The SMILES string of the molecule is C=C(C)CN(CC(=C)C)C(=O)C(Cl)Cl. The molecule has 0 heterocycles. The fourth-order valence-electron chi connectivity index (χ4n) is 1.00. The van der Waals surface area contributed by atoms with Gasteiger partial charge >= 0.3 is 0 Å².